The first kappa shape index (κ1) is 15.6. The van der Waals surface area contributed by atoms with E-state index in [0.717, 1.165) is 18.3 Å². The second kappa shape index (κ2) is 6.33. The van der Waals surface area contributed by atoms with E-state index in [-0.39, 0.29) is 17.9 Å². The number of carbonyl (C=O) groups excluding carboxylic acids is 1. The number of anilines is 1. The molecule has 0 radical (unpaired) electrons. The predicted molar refractivity (Wildman–Crippen MR) is 76.3 cm³/mol. The van der Waals surface area contributed by atoms with Crippen molar-refractivity contribution in [2.24, 2.45) is 0 Å². The van der Waals surface area contributed by atoms with Gasteiger partial charge in [0.25, 0.3) is 0 Å². The standard InChI is InChI=1S/C12H8F3IN4O/c13-12(14,15)7-3-4-17-8(5-7)6-11(21)18-10-2-1-9(16)19-20-10/h1-5H,6H2,(H,18,20,21). The molecule has 1 N–H and O–H groups in total. The van der Waals surface area contributed by atoms with Crippen molar-refractivity contribution in [1.82, 2.24) is 15.2 Å². The molecule has 0 spiro atoms. The van der Waals surface area contributed by atoms with Crippen LogP contribution in [-0.4, -0.2) is 21.1 Å². The Bertz CT molecular complexity index is 646. The van der Waals surface area contributed by atoms with Crippen LogP contribution in [0.25, 0.3) is 0 Å². The van der Waals surface area contributed by atoms with E-state index in [2.05, 4.69) is 20.5 Å². The number of nitrogens with zero attached hydrogens (tertiary/aromatic N) is 3. The number of hydrogen-bond donors (Lipinski definition) is 1. The van der Waals surface area contributed by atoms with Crippen molar-refractivity contribution in [3.8, 4) is 0 Å². The highest BCUT2D eigenvalue weighted by Crippen LogP contribution is 2.29. The monoisotopic (exact) mass is 408 g/mol. The van der Waals surface area contributed by atoms with Gasteiger partial charge >= 0.3 is 6.18 Å². The molecule has 2 rings (SSSR count). The third kappa shape index (κ3) is 4.62. The van der Waals surface area contributed by atoms with Crippen LogP contribution in [0.1, 0.15) is 11.3 Å². The zero-order chi connectivity index (χ0) is 15.5. The van der Waals surface area contributed by atoms with E-state index >= 15 is 0 Å². The average molecular weight is 408 g/mol. The Morgan fingerprint density at radius 1 is 1.24 bits per heavy atom. The molecule has 0 aromatic carbocycles. The maximum atomic E-state index is 12.5. The number of alkyl halides is 3. The Balaban J connectivity index is 2.04. The molecule has 110 valence electrons. The van der Waals surface area contributed by atoms with Gasteiger partial charge in [-0.05, 0) is 46.9 Å². The van der Waals surface area contributed by atoms with Gasteiger partial charge in [0.15, 0.2) is 5.82 Å². The van der Waals surface area contributed by atoms with Crippen molar-refractivity contribution in [2.45, 2.75) is 12.6 Å². The lowest BCUT2D eigenvalue weighted by Crippen LogP contribution is -2.17. The molecule has 0 unspecified atom stereocenters. The van der Waals surface area contributed by atoms with Crippen LogP contribution in [0, 0.1) is 3.70 Å². The van der Waals surface area contributed by atoms with Gasteiger partial charge in [0.1, 0.15) is 3.70 Å². The number of amides is 1. The van der Waals surface area contributed by atoms with Crippen LogP contribution in [0.2, 0.25) is 0 Å². The fraction of sp³-hybridized carbons (Fsp3) is 0.167. The van der Waals surface area contributed by atoms with E-state index in [4.69, 9.17) is 0 Å². The van der Waals surface area contributed by atoms with Gasteiger partial charge in [0.05, 0.1) is 17.7 Å². The fourth-order valence-electron chi connectivity index (χ4n) is 1.49. The maximum Gasteiger partial charge on any atom is 0.416 e. The Hall–Kier alpha value is -1.78. The van der Waals surface area contributed by atoms with Crippen molar-refractivity contribution >= 4 is 34.3 Å². The van der Waals surface area contributed by atoms with Crippen molar-refractivity contribution in [2.75, 3.05) is 5.32 Å². The van der Waals surface area contributed by atoms with Gasteiger partial charge in [-0.15, -0.1) is 10.2 Å². The van der Waals surface area contributed by atoms with E-state index in [0.29, 0.717) is 3.70 Å². The highest BCUT2D eigenvalue weighted by Gasteiger charge is 2.30. The van der Waals surface area contributed by atoms with Crippen molar-refractivity contribution in [3.63, 3.8) is 0 Å². The van der Waals surface area contributed by atoms with E-state index in [1.807, 2.05) is 22.6 Å². The summed E-state index contributed by atoms with van der Waals surface area (Å²) in [4.78, 5) is 15.5. The Labute approximate surface area is 131 Å². The van der Waals surface area contributed by atoms with Crippen molar-refractivity contribution < 1.29 is 18.0 Å². The Morgan fingerprint density at radius 2 is 2.00 bits per heavy atom. The van der Waals surface area contributed by atoms with Gasteiger partial charge in [0, 0.05) is 6.20 Å². The van der Waals surface area contributed by atoms with E-state index in [1.165, 1.54) is 0 Å². The highest BCUT2D eigenvalue weighted by atomic mass is 127. The second-order valence-electron chi connectivity index (χ2n) is 4.00. The molecule has 0 aliphatic carbocycles. The summed E-state index contributed by atoms with van der Waals surface area (Å²) in [6.45, 7) is 0. The number of rotatable bonds is 3. The average Bonchev–Trinajstić information content (AvgIpc) is 2.41. The summed E-state index contributed by atoms with van der Waals surface area (Å²) < 4.78 is 38.3. The summed E-state index contributed by atoms with van der Waals surface area (Å²) in [7, 11) is 0. The molecule has 21 heavy (non-hydrogen) atoms. The third-order valence-corrected chi connectivity index (χ3v) is 2.96. The molecule has 2 aromatic rings. The number of pyridine rings is 1. The van der Waals surface area contributed by atoms with E-state index < -0.39 is 17.6 Å². The van der Waals surface area contributed by atoms with E-state index in [9.17, 15) is 18.0 Å². The second-order valence-corrected chi connectivity index (χ2v) is 5.11. The van der Waals surface area contributed by atoms with Crippen LogP contribution in [0.15, 0.2) is 30.5 Å². The van der Waals surface area contributed by atoms with Gasteiger partial charge in [-0.3, -0.25) is 9.78 Å². The summed E-state index contributed by atoms with van der Waals surface area (Å²) in [5.74, 6) is -0.287. The fourth-order valence-corrected chi connectivity index (χ4v) is 1.77. The van der Waals surface area contributed by atoms with Gasteiger partial charge in [-0.2, -0.15) is 13.2 Å². The minimum Gasteiger partial charge on any atom is -0.309 e. The summed E-state index contributed by atoms with van der Waals surface area (Å²) in [6.07, 6.45) is -3.72. The number of carbonyl (C=O) groups is 1. The number of hydrogen-bond acceptors (Lipinski definition) is 4. The summed E-state index contributed by atoms with van der Waals surface area (Å²) >= 11 is 1.96. The first-order valence-corrected chi connectivity index (χ1v) is 6.73. The zero-order valence-electron chi connectivity index (χ0n) is 10.4. The maximum absolute atomic E-state index is 12.5. The third-order valence-electron chi connectivity index (χ3n) is 2.39. The van der Waals surface area contributed by atoms with E-state index in [1.54, 1.807) is 12.1 Å². The molecule has 0 bridgehead atoms. The largest absolute Gasteiger partial charge is 0.416 e. The van der Waals surface area contributed by atoms with Crippen LogP contribution < -0.4 is 5.32 Å². The van der Waals surface area contributed by atoms with Gasteiger partial charge in [-0.1, -0.05) is 0 Å². The molecule has 0 atom stereocenters. The number of nitrogens with one attached hydrogen (secondary N) is 1. The number of aromatic nitrogens is 3. The summed E-state index contributed by atoms with van der Waals surface area (Å²) in [5, 5.41) is 9.91. The zero-order valence-corrected chi connectivity index (χ0v) is 12.5. The molecule has 0 fully saturated rings. The first-order valence-electron chi connectivity index (χ1n) is 5.66. The van der Waals surface area contributed by atoms with Crippen molar-refractivity contribution in [1.29, 1.82) is 0 Å². The molecule has 1 amide bonds. The Kier molecular flexibility index (Phi) is 4.70. The molecule has 0 aliphatic rings. The first-order chi connectivity index (χ1) is 9.84. The highest BCUT2D eigenvalue weighted by molar-refractivity contribution is 14.1. The molecular formula is C12H8F3IN4O. The van der Waals surface area contributed by atoms with Crippen LogP contribution in [0.3, 0.4) is 0 Å². The lowest BCUT2D eigenvalue weighted by Gasteiger charge is -2.08. The van der Waals surface area contributed by atoms with Gasteiger partial charge in [-0.25, -0.2) is 0 Å². The molecule has 0 saturated carbocycles. The van der Waals surface area contributed by atoms with Crippen LogP contribution in [-0.2, 0) is 17.4 Å². The topological polar surface area (TPSA) is 67.8 Å². The smallest absolute Gasteiger partial charge is 0.309 e. The molecule has 0 aliphatic heterocycles. The number of halogens is 4. The quantitative estimate of drug-likeness (QED) is 0.794. The minimum atomic E-state index is -4.46. The normalized spacial score (nSPS) is 11.2. The minimum absolute atomic E-state index is 0.0285. The summed E-state index contributed by atoms with van der Waals surface area (Å²) in [5.41, 5.74) is -0.810. The molecule has 2 heterocycles. The molecule has 9 heteroatoms. The van der Waals surface area contributed by atoms with Crippen molar-refractivity contribution in [3.05, 3.63) is 45.4 Å². The van der Waals surface area contributed by atoms with Gasteiger partial charge in [0.2, 0.25) is 5.91 Å². The SMILES string of the molecule is O=C(Cc1cc(C(F)(F)F)ccn1)Nc1ccc(I)nn1. The lowest BCUT2D eigenvalue weighted by molar-refractivity contribution is -0.137. The molecule has 0 saturated heterocycles. The van der Waals surface area contributed by atoms with Gasteiger partial charge < -0.3 is 5.32 Å². The predicted octanol–water partition coefficient (Wildman–Crippen LogP) is 2.68. The molecular weight excluding hydrogens is 400 g/mol. The lowest BCUT2D eigenvalue weighted by atomic mass is 10.2. The van der Waals surface area contributed by atoms with Crippen LogP contribution >= 0.6 is 22.6 Å². The molecule has 5 nitrogen and oxygen atoms in total. The Morgan fingerprint density at radius 3 is 2.62 bits per heavy atom. The van der Waals surface area contributed by atoms with Crippen LogP contribution in [0.5, 0.6) is 0 Å². The van der Waals surface area contributed by atoms with Crippen LogP contribution in [0.4, 0.5) is 19.0 Å². The molecule has 2 aromatic heterocycles. The summed E-state index contributed by atoms with van der Waals surface area (Å²) in [6, 6.07) is 4.89.